The summed E-state index contributed by atoms with van der Waals surface area (Å²) in [6.07, 6.45) is 2.98. The van der Waals surface area contributed by atoms with E-state index in [4.69, 9.17) is 14.2 Å². The van der Waals surface area contributed by atoms with E-state index in [0.717, 1.165) is 36.3 Å². The summed E-state index contributed by atoms with van der Waals surface area (Å²) >= 11 is 0. The zero-order chi connectivity index (χ0) is 17.3. The Hall–Kier alpha value is -2.70. The number of nitrogens with one attached hydrogen (secondary N) is 1. The number of methoxy groups -OCH3 is 3. The first kappa shape index (κ1) is 16.2. The molecule has 24 heavy (non-hydrogen) atoms. The van der Waals surface area contributed by atoms with Gasteiger partial charge in [-0.25, -0.2) is 0 Å². The molecule has 7 nitrogen and oxygen atoms in total. The molecule has 0 saturated carbocycles. The van der Waals surface area contributed by atoms with Crippen molar-refractivity contribution in [1.29, 1.82) is 0 Å². The largest absolute Gasteiger partial charge is 0.493 e. The molecular weight excluding hydrogens is 310 g/mol. The van der Waals surface area contributed by atoms with E-state index in [1.165, 1.54) is 21.3 Å². The number of carbonyl (C=O) groups excluding carboxylic acids is 1. The van der Waals surface area contributed by atoms with Gasteiger partial charge in [0.25, 0.3) is 5.91 Å². The second-order valence-corrected chi connectivity index (χ2v) is 5.62. The predicted octanol–water partition coefficient (Wildman–Crippen LogP) is 2.19. The molecule has 2 aromatic rings. The maximum absolute atomic E-state index is 12.7. The fourth-order valence-electron chi connectivity index (χ4n) is 3.07. The number of rotatable bonds is 5. The Bertz CT molecular complexity index is 757. The summed E-state index contributed by atoms with van der Waals surface area (Å²) in [7, 11) is 6.40. The van der Waals surface area contributed by atoms with E-state index in [1.54, 1.807) is 16.8 Å². The molecule has 1 aliphatic carbocycles. The molecule has 128 valence electrons. The van der Waals surface area contributed by atoms with E-state index in [0.29, 0.717) is 22.8 Å². The topological polar surface area (TPSA) is 74.6 Å². The molecular formula is C17H21N3O4. The standard InChI is InChI=1S/C17H21N3O4/c1-20-16(11-6-5-7-12(11)19-20)18-17(21)10-8-13(22-2)15(24-4)14(9-10)23-3/h8-9H,5-7H2,1-4H3,(H,18,21). The van der Waals surface area contributed by atoms with Crippen LogP contribution in [0.5, 0.6) is 17.2 Å². The van der Waals surface area contributed by atoms with Gasteiger partial charge in [0.15, 0.2) is 11.5 Å². The second kappa shape index (κ2) is 6.43. The van der Waals surface area contributed by atoms with Crippen molar-refractivity contribution in [3.05, 3.63) is 29.0 Å². The number of aryl methyl sites for hydroxylation is 2. The van der Waals surface area contributed by atoms with Crippen LogP contribution in [-0.4, -0.2) is 37.0 Å². The third kappa shape index (κ3) is 2.66. The Morgan fingerprint density at radius 3 is 2.38 bits per heavy atom. The molecule has 1 amide bonds. The Morgan fingerprint density at radius 2 is 1.79 bits per heavy atom. The highest BCUT2D eigenvalue weighted by Gasteiger charge is 2.23. The highest BCUT2D eigenvalue weighted by Crippen LogP contribution is 2.38. The molecule has 0 aliphatic heterocycles. The molecule has 0 unspecified atom stereocenters. The van der Waals surface area contributed by atoms with Gasteiger partial charge in [-0.15, -0.1) is 0 Å². The number of nitrogens with zero attached hydrogens (tertiary/aromatic N) is 2. The van der Waals surface area contributed by atoms with Crippen LogP contribution in [0.4, 0.5) is 5.82 Å². The monoisotopic (exact) mass is 331 g/mol. The lowest BCUT2D eigenvalue weighted by atomic mass is 10.1. The number of aromatic nitrogens is 2. The van der Waals surface area contributed by atoms with E-state index in [1.807, 2.05) is 7.05 Å². The molecule has 0 bridgehead atoms. The van der Waals surface area contributed by atoms with E-state index in [2.05, 4.69) is 10.4 Å². The molecule has 1 aromatic carbocycles. The average molecular weight is 331 g/mol. The molecule has 7 heteroatoms. The van der Waals surface area contributed by atoms with Crippen molar-refractivity contribution in [3.63, 3.8) is 0 Å². The van der Waals surface area contributed by atoms with Crippen LogP contribution in [0.25, 0.3) is 0 Å². The van der Waals surface area contributed by atoms with Crippen LogP contribution in [0.3, 0.4) is 0 Å². The third-order valence-electron chi connectivity index (χ3n) is 4.23. The Balaban J connectivity index is 1.93. The van der Waals surface area contributed by atoms with Crippen LogP contribution in [0.1, 0.15) is 28.0 Å². The average Bonchev–Trinajstić information content (AvgIpc) is 3.15. The summed E-state index contributed by atoms with van der Waals surface area (Å²) in [5.41, 5.74) is 2.62. The lowest BCUT2D eigenvalue weighted by molar-refractivity contribution is 0.102. The maximum atomic E-state index is 12.7. The number of benzene rings is 1. The normalized spacial score (nSPS) is 12.7. The van der Waals surface area contributed by atoms with Crippen LogP contribution in [0.15, 0.2) is 12.1 Å². The van der Waals surface area contributed by atoms with E-state index >= 15 is 0 Å². The molecule has 0 radical (unpaired) electrons. The molecule has 1 aliphatic rings. The first-order chi connectivity index (χ1) is 11.6. The van der Waals surface area contributed by atoms with Crippen molar-refractivity contribution in [2.75, 3.05) is 26.6 Å². The molecule has 1 aromatic heterocycles. The SMILES string of the molecule is COc1cc(C(=O)Nc2c3c(nn2C)CCC3)cc(OC)c1OC. The van der Waals surface area contributed by atoms with Gasteiger partial charge in [-0.2, -0.15) is 5.10 Å². The van der Waals surface area contributed by atoms with Gasteiger partial charge in [-0.3, -0.25) is 9.48 Å². The number of hydrogen-bond acceptors (Lipinski definition) is 5. The Labute approximate surface area is 140 Å². The zero-order valence-electron chi connectivity index (χ0n) is 14.3. The predicted molar refractivity (Wildman–Crippen MR) is 89.3 cm³/mol. The minimum Gasteiger partial charge on any atom is -0.493 e. The first-order valence-corrected chi connectivity index (χ1v) is 7.75. The van der Waals surface area contributed by atoms with Gasteiger partial charge < -0.3 is 19.5 Å². The lowest BCUT2D eigenvalue weighted by Crippen LogP contribution is -2.16. The molecule has 1 N–H and O–H groups in total. The van der Waals surface area contributed by atoms with Gasteiger partial charge >= 0.3 is 0 Å². The van der Waals surface area contributed by atoms with Crippen molar-refractivity contribution in [1.82, 2.24) is 9.78 Å². The molecule has 0 saturated heterocycles. The number of anilines is 1. The minimum atomic E-state index is -0.244. The third-order valence-corrected chi connectivity index (χ3v) is 4.23. The summed E-state index contributed by atoms with van der Waals surface area (Å²) in [6.45, 7) is 0. The second-order valence-electron chi connectivity index (χ2n) is 5.62. The van der Waals surface area contributed by atoms with Crippen LogP contribution in [0, 0.1) is 0 Å². The molecule has 0 atom stereocenters. The molecule has 0 spiro atoms. The highest BCUT2D eigenvalue weighted by atomic mass is 16.5. The van der Waals surface area contributed by atoms with Crippen molar-refractivity contribution in [3.8, 4) is 17.2 Å². The molecule has 3 rings (SSSR count). The quantitative estimate of drug-likeness (QED) is 0.909. The Morgan fingerprint density at radius 1 is 1.12 bits per heavy atom. The van der Waals surface area contributed by atoms with E-state index < -0.39 is 0 Å². The van der Waals surface area contributed by atoms with Crippen LogP contribution >= 0.6 is 0 Å². The smallest absolute Gasteiger partial charge is 0.257 e. The van der Waals surface area contributed by atoms with Gasteiger partial charge in [0.1, 0.15) is 5.82 Å². The van der Waals surface area contributed by atoms with Gasteiger partial charge in [0.2, 0.25) is 5.75 Å². The summed E-state index contributed by atoms with van der Waals surface area (Å²) in [5, 5.41) is 7.42. The minimum absolute atomic E-state index is 0.244. The summed E-state index contributed by atoms with van der Waals surface area (Å²) in [5.74, 6) is 1.85. The highest BCUT2D eigenvalue weighted by molar-refractivity contribution is 6.05. The summed E-state index contributed by atoms with van der Waals surface area (Å²) in [4.78, 5) is 12.7. The van der Waals surface area contributed by atoms with Crippen molar-refractivity contribution in [2.45, 2.75) is 19.3 Å². The van der Waals surface area contributed by atoms with Gasteiger partial charge in [-0.05, 0) is 31.4 Å². The van der Waals surface area contributed by atoms with Crippen LogP contribution < -0.4 is 19.5 Å². The lowest BCUT2D eigenvalue weighted by Gasteiger charge is -2.14. The maximum Gasteiger partial charge on any atom is 0.257 e. The molecule has 1 heterocycles. The van der Waals surface area contributed by atoms with Gasteiger partial charge in [0, 0.05) is 18.2 Å². The first-order valence-electron chi connectivity index (χ1n) is 7.75. The Kier molecular flexibility index (Phi) is 4.33. The summed E-state index contributed by atoms with van der Waals surface area (Å²) < 4.78 is 17.6. The number of carbonyl (C=O) groups is 1. The van der Waals surface area contributed by atoms with Gasteiger partial charge in [0.05, 0.1) is 27.0 Å². The summed E-state index contributed by atoms with van der Waals surface area (Å²) in [6, 6.07) is 3.26. The fraction of sp³-hybridized carbons (Fsp3) is 0.412. The number of ether oxygens (including phenoxy) is 3. The number of amides is 1. The van der Waals surface area contributed by atoms with Crippen molar-refractivity contribution >= 4 is 11.7 Å². The molecule has 0 fully saturated rings. The van der Waals surface area contributed by atoms with E-state index in [9.17, 15) is 4.79 Å². The zero-order valence-corrected chi connectivity index (χ0v) is 14.3. The van der Waals surface area contributed by atoms with Crippen LogP contribution in [-0.2, 0) is 19.9 Å². The van der Waals surface area contributed by atoms with Gasteiger partial charge in [-0.1, -0.05) is 0 Å². The number of hydrogen-bond donors (Lipinski definition) is 1. The number of fused-ring (bicyclic) bond motifs is 1. The van der Waals surface area contributed by atoms with Crippen molar-refractivity contribution < 1.29 is 19.0 Å². The fourth-order valence-corrected chi connectivity index (χ4v) is 3.07. The van der Waals surface area contributed by atoms with Crippen LogP contribution in [0.2, 0.25) is 0 Å². The van der Waals surface area contributed by atoms with Crippen molar-refractivity contribution in [2.24, 2.45) is 7.05 Å². The van der Waals surface area contributed by atoms with E-state index in [-0.39, 0.29) is 5.91 Å².